The molecule has 7 heteroatoms. The topological polar surface area (TPSA) is 89.5 Å². The standard InChI is InChI=1S/C31H30N4O3/c1-2-37-29-18-22(16-17-28(29)38-21-25-13-7-6-12-24(25)19-32)20-33-35-30(23-10-4-3-5-11-23)34-27-15-9-8-14-26(27)31(35)36/h6-9,12-18,20,23H,2-5,10-11,21H2,1H3. The number of hydrogen-bond acceptors (Lipinski definition) is 6. The van der Waals surface area contributed by atoms with Crippen LogP contribution < -0.4 is 15.0 Å². The fourth-order valence-electron chi connectivity index (χ4n) is 4.91. The molecule has 0 radical (unpaired) electrons. The first-order valence-electron chi connectivity index (χ1n) is 13.1. The second kappa shape index (κ2) is 11.7. The van der Waals surface area contributed by atoms with Gasteiger partial charge < -0.3 is 9.47 Å². The maximum absolute atomic E-state index is 13.5. The van der Waals surface area contributed by atoms with Crippen molar-refractivity contribution in [2.45, 2.75) is 51.6 Å². The molecule has 1 aliphatic carbocycles. The molecule has 1 saturated carbocycles. The van der Waals surface area contributed by atoms with E-state index in [2.05, 4.69) is 11.2 Å². The van der Waals surface area contributed by atoms with Crippen molar-refractivity contribution < 1.29 is 9.47 Å². The minimum absolute atomic E-state index is 0.159. The summed E-state index contributed by atoms with van der Waals surface area (Å²) < 4.78 is 13.3. The predicted octanol–water partition coefficient (Wildman–Crippen LogP) is 6.18. The Morgan fingerprint density at radius 3 is 2.63 bits per heavy atom. The van der Waals surface area contributed by atoms with Gasteiger partial charge in [0.15, 0.2) is 11.5 Å². The van der Waals surface area contributed by atoms with Crippen molar-refractivity contribution in [1.82, 2.24) is 9.66 Å². The number of fused-ring (bicyclic) bond motifs is 1. The van der Waals surface area contributed by atoms with E-state index in [1.165, 1.54) is 11.1 Å². The molecule has 0 amide bonds. The first-order valence-corrected chi connectivity index (χ1v) is 13.1. The van der Waals surface area contributed by atoms with Crippen molar-refractivity contribution in [1.29, 1.82) is 5.26 Å². The summed E-state index contributed by atoms with van der Waals surface area (Å²) in [5.74, 6) is 2.08. The molecular formula is C31H30N4O3. The lowest BCUT2D eigenvalue weighted by Crippen LogP contribution is -2.25. The quantitative estimate of drug-likeness (QED) is 0.266. The number of ether oxygens (including phenoxy) is 2. The lowest BCUT2D eigenvalue weighted by Gasteiger charge is -2.22. The lowest BCUT2D eigenvalue weighted by molar-refractivity contribution is 0.269. The van der Waals surface area contributed by atoms with Gasteiger partial charge in [-0.05, 0) is 61.7 Å². The molecule has 4 aromatic rings. The van der Waals surface area contributed by atoms with Crippen LogP contribution in [0.4, 0.5) is 0 Å². The summed E-state index contributed by atoms with van der Waals surface area (Å²) in [5.41, 5.74) is 2.71. The zero-order valence-electron chi connectivity index (χ0n) is 21.5. The smallest absolute Gasteiger partial charge is 0.282 e. The highest BCUT2D eigenvalue weighted by Crippen LogP contribution is 2.32. The summed E-state index contributed by atoms with van der Waals surface area (Å²) in [6.07, 6.45) is 7.17. The molecule has 38 heavy (non-hydrogen) atoms. The number of aromatic nitrogens is 2. The molecular weight excluding hydrogens is 476 g/mol. The molecule has 0 spiro atoms. The summed E-state index contributed by atoms with van der Waals surface area (Å²) in [5, 5.41) is 14.5. The van der Waals surface area contributed by atoms with Crippen LogP contribution in [0.3, 0.4) is 0 Å². The predicted molar refractivity (Wildman–Crippen MR) is 148 cm³/mol. The summed E-state index contributed by atoms with van der Waals surface area (Å²) in [6.45, 7) is 2.62. The van der Waals surface area contributed by atoms with Gasteiger partial charge in [-0.3, -0.25) is 4.79 Å². The minimum atomic E-state index is -0.159. The van der Waals surface area contributed by atoms with Crippen LogP contribution in [-0.2, 0) is 6.61 Å². The van der Waals surface area contributed by atoms with Gasteiger partial charge in [-0.25, -0.2) is 4.98 Å². The van der Waals surface area contributed by atoms with Crippen LogP contribution in [0.25, 0.3) is 10.9 Å². The third-order valence-corrected chi connectivity index (χ3v) is 6.86. The van der Waals surface area contributed by atoms with Crippen molar-refractivity contribution in [2.24, 2.45) is 5.10 Å². The van der Waals surface area contributed by atoms with Crippen LogP contribution >= 0.6 is 0 Å². The maximum Gasteiger partial charge on any atom is 0.282 e. The van der Waals surface area contributed by atoms with E-state index in [1.54, 1.807) is 18.3 Å². The monoisotopic (exact) mass is 506 g/mol. The zero-order chi connectivity index (χ0) is 26.3. The van der Waals surface area contributed by atoms with Crippen LogP contribution in [0, 0.1) is 11.3 Å². The van der Waals surface area contributed by atoms with Crippen LogP contribution in [0.2, 0.25) is 0 Å². The van der Waals surface area contributed by atoms with Gasteiger partial charge in [0.2, 0.25) is 0 Å². The Balaban J connectivity index is 1.46. The van der Waals surface area contributed by atoms with E-state index in [9.17, 15) is 10.1 Å². The van der Waals surface area contributed by atoms with Crippen LogP contribution in [0.15, 0.2) is 76.6 Å². The molecule has 1 fully saturated rings. The molecule has 5 rings (SSSR count). The molecule has 0 saturated heterocycles. The fourth-order valence-corrected chi connectivity index (χ4v) is 4.91. The number of nitrogens with zero attached hydrogens (tertiary/aromatic N) is 4. The Labute approximate surface area is 222 Å². The Morgan fingerprint density at radius 2 is 1.82 bits per heavy atom. The molecule has 1 aliphatic rings. The lowest BCUT2D eigenvalue weighted by atomic mass is 9.88. The molecule has 7 nitrogen and oxygen atoms in total. The number of para-hydroxylation sites is 1. The molecule has 192 valence electrons. The molecule has 0 atom stereocenters. The largest absolute Gasteiger partial charge is 0.490 e. The molecule has 0 aliphatic heterocycles. The molecule has 0 bridgehead atoms. The van der Waals surface area contributed by atoms with Crippen molar-refractivity contribution in [3.05, 3.63) is 99.6 Å². The first kappa shape index (κ1) is 25.2. The molecule has 1 heterocycles. The highest BCUT2D eigenvalue weighted by atomic mass is 16.5. The van der Waals surface area contributed by atoms with E-state index in [-0.39, 0.29) is 18.1 Å². The van der Waals surface area contributed by atoms with Crippen LogP contribution in [0.5, 0.6) is 11.5 Å². The van der Waals surface area contributed by atoms with E-state index in [1.807, 2.05) is 61.5 Å². The second-order valence-electron chi connectivity index (χ2n) is 9.38. The first-order chi connectivity index (χ1) is 18.7. The van der Waals surface area contributed by atoms with Gasteiger partial charge in [0.1, 0.15) is 12.4 Å². The third-order valence-electron chi connectivity index (χ3n) is 6.86. The third kappa shape index (κ3) is 5.45. The van der Waals surface area contributed by atoms with Crippen molar-refractivity contribution in [2.75, 3.05) is 6.61 Å². The molecule has 1 aromatic heterocycles. The van der Waals surface area contributed by atoms with Gasteiger partial charge in [-0.2, -0.15) is 15.0 Å². The molecule has 0 N–H and O–H groups in total. The van der Waals surface area contributed by atoms with Gasteiger partial charge >= 0.3 is 0 Å². The second-order valence-corrected chi connectivity index (χ2v) is 9.38. The van der Waals surface area contributed by atoms with Gasteiger partial charge in [-0.1, -0.05) is 49.6 Å². The summed E-state index contributed by atoms with van der Waals surface area (Å²) in [4.78, 5) is 18.3. The number of benzene rings is 3. The fraction of sp³-hybridized carbons (Fsp3) is 0.290. The SMILES string of the molecule is CCOc1cc(C=Nn2c(C3CCCCC3)nc3ccccc3c2=O)ccc1OCc1ccccc1C#N. The van der Waals surface area contributed by atoms with Gasteiger partial charge in [0, 0.05) is 11.5 Å². The number of rotatable bonds is 8. The maximum atomic E-state index is 13.5. The molecule has 3 aromatic carbocycles. The Hall–Kier alpha value is -4.44. The van der Waals surface area contributed by atoms with Gasteiger partial charge in [0.25, 0.3) is 5.56 Å². The summed E-state index contributed by atoms with van der Waals surface area (Å²) in [7, 11) is 0. The Bertz CT molecular complexity index is 1560. The number of nitriles is 1. The van der Waals surface area contributed by atoms with E-state index in [0.717, 1.165) is 42.6 Å². The van der Waals surface area contributed by atoms with Gasteiger partial charge in [-0.15, -0.1) is 0 Å². The number of hydrogen-bond donors (Lipinski definition) is 0. The van der Waals surface area contributed by atoms with E-state index in [0.29, 0.717) is 34.6 Å². The summed E-state index contributed by atoms with van der Waals surface area (Å²) >= 11 is 0. The average Bonchev–Trinajstić information content (AvgIpc) is 2.97. The summed E-state index contributed by atoms with van der Waals surface area (Å²) in [6, 6.07) is 22.5. The average molecular weight is 507 g/mol. The Morgan fingerprint density at radius 1 is 1.03 bits per heavy atom. The Kier molecular flexibility index (Phi) is 7.79. The van der Waals surface area contributed by atoms with E-state index in [4.69, 9.17) is 14.5 Å². The highest BCUT2D eigenvalue weighted by Gasteiger charge is 2.22. The zero-order valence-corrected chi connectivity index (χ0v) is 21.5. The van der Waals surface area contributed by atoms with E-state index < -0.39 is 0 Å². The van der Waals surface area contributed by atoms with Crippen LogP contribution in [-0.4, -0.2) is 22.5 Å². The van der Waals surface area contributed by atoms with Crippen molar-refractivity contribution >= 4 is 17.1 Å². The van der Waals surface area contributed by atoms with E-state index >= 15 is 0 Å². The van der Waals surface area contributed by atoms with Gasteiger partial charge in [0.05, 0.1) is 35.4 Å². The highest BCUT2D eigenvalue weighted by molar-refractivity contribution is 5.81. The minimum Gasteiger partial charge on any atom is -0.490 e. The normalized spacial score (nSPS) is 14.0. The van der Waals surface area contributed by atoms with Crippen LogP contribution in [0.1, 0.15) is 67.5 Å². The van der Waals surface area contributed by atoms with Crippen molar-refractivity contribution in [3.8, 4) is 17.6 Å². The van der Waals surface area contributed by atoms with Crippen molar-refractivity contribution in [3.63, 3.8) is 0 Å². The molecule has 0 unspecified atom stereocenters.